The maximum absolute atomic E-state index is 13.1. The number of nitrogens with two attached hydrogens (primary N) is 1. The van der Waals surface area contributed by atoms with Gasteiger partial charge < -0.3 is 15.8 Å². The second-order valence-corrected chi connectivity index (χ2v) is 4.98. The Bertz CT molecular complexity index is 338. The summed E-state index contributed by atoms with van der Waals surface area (Å²) in [5.74, 6) is -3.25. The quantitative estimate of drug-likeness (QED) is 0.348. The fraction of sp³-hybridized carbons (Fsp3) is 0.833. The van der Waals surface area contributed by atoms with Gasteiger partial charge in [0, 0.05) is 25.3 Å². The maximum Gasteiger partial charge on any atom is 0.248 e. The number of alkyl halides is 2. The molecular weight excluding hydrogens is 256 g/mol. The van der Waals surface area contributed by atoms with E-state index in [1.807, 2.05) is 6.92 Å². The fourth-order valence-corrected chi connectivity index (χ4v) is 2.31. The Labute approximate surface area is 111 Å². The third-order valence-corrected chi connectivity index (χ3v) is 3.35. The topological polar surface area (TPSA) is 78.9 Å². The largest absolute Gasteiger partial charge is 0.409 e. The van der Waals surface area contributed by atoms with Gasteiger partial charge >= 0.3 is 0 Å². The molecule has 1 rings (SSSR count). The first-order valence-corrected chi connectivity index (χ1v) is 6.52. The van der Waals surface area contributed by atoms with Crippen molar-refractivity contribution in [3.05, 3.63) is 0 Å². The summed E-state index contributed by atoms with van der Waals surface area (Å²) in [6, 6.07) is 0. The van der Waals surface area contributed by atoms with Gasteiger partial charge in [0.15, 0.2) is 5.84 Å². The summed E-state index contributed by atoms with van der Waals surface area (Å²) in [5, 5.41) is 11.4. The lowest BCUT2D eigenvalue weighted by Gasteiger charge is -2.31. The average Bonchev–Trinajstić information content (AvgIpc) is 2.37. The monoisotopic (exact) mass is 277 g/mol. The predicted octanol–water partition coefficient (Wildman–Crippen LogP) is 1.80. The highest BCUT2D eigenvalue weighted by Gasteiger charge is 2.38. The molecule has 0 bridgehead atoms. The summed E-state index contributed by atoms with van der Waals surface area (Å²) in [4.78, 5) is 13.7. The van der Waals surface area contributed by atoms with Gasteiger partial charge in [0.2, 0.25) is 11.8 Å². The summed E-state index contributed by atoms with van der Waals surface area (Å²) in [6.45, 7) is 2.42. The van der Waals surface area contributed by atoms with Crippen LogP contribution in [0.15, 0.2) is 5.16 Å². The summed E-state index contributed by atoms with van der Waals surface area (Å²) in [6.07, 6.45) is 0.637. The Kier molecular flexibility index (Phi) is 5.50. The Morgan fingerprint density at radius 1 is 1.47 bits per heavy atom. The molecule has 1 aliphatic carbocycles. The van der Waals surface area contributed by atoms with Gasteiger partial charge in [-0.1, -0.05) is 12.1 Å². The van der Waals surface area contributed by atoms with Crippen LogP contribution in [0.3, 0.4) is 0 Å². The van der Waals surface area contributed by atoms with Crippen molar-refractivity contribution in [2.24, 2.45) is 16.8 Å². The zero-order valence-electron chi connectivity index (χ0n) is 11.1. The van der Waals surface area contributed by atoms with Crippen LogP contribution in [0, 0.1) is 5.92 Å². The molecule has 7 heteroatoms. The normalized spacial score (nSPS) is 20.3. The van der Waals surface area contributed by atoms with Crippen LogP contribution in [0.4, 0.5) is 8.78 Å². The Morgan fingerprint density at radius 2 is 2.05 bits per heavy atom. The third-order valence-electron chi connectivity index (χ3n) is 3.35. The summed E-state index contributed by atoms with van der Waals surface area (Å²) >= 11 is 0. The molecule has 0 aromatic carbocycles. The van der Waals surface area contributed by atoms with Gasteiger partial charge in [0.25, 0.3) is 0 Å². The van der Waals surface area contributed by atoms with Crippen LogP contribution in [0.25, 0.3) is 0 Å². The van der Waals surface area contributed by atoms with E-state index in [0.717, 1.165) is 6.42 Å². The van der Waals surface area contributed by atoms with E-state index in [1.54, 1.807) is 0 Å². The minimum absolute atomic E-state index is 0.0378. The lowest BCUT2D eigenvalue weighted by atomic mass is 9.86. The second-order valence-electron chi connectivity index (χ2n) is 4.98. The van der Waals surface area contributed by atoms with Crippen LogP contribution >= 0.6 is 0 Å². The first-order chi connectivity index (χ1) is 8.89. The van der Waals surface area contributed by atoms with E-state index >= 15 is 0 Å². The highest BCUT2D eigenvalue weighted by molar-refractivity contribution is 5.87. The molecular formula is C12H21F2N3O2. The number of hydrogen-bond acceptors (Lipinski definition) is 3. The molecule has 0 saturated heterocycles. The fourth-order valence-electron chi connectivity index (χ4n) is 2.31. The number of rotatable bonds is 5. The number of oxime groups is 1. The van der Waals surface area contributed by atoms with Crippen LogP contribution in [0.5, 0.6) is 0 Å². The molecule has 0 aliphatic heterocycles. The molecule has 19 heavy (non-hydrogen) atoms. The zero-order valence-corrected chi connectivity index (χ0v) is 11.1. The molecule has 0 aromatic rings. The van der Waals surface area contributed by atoms with Crippen molar-refractivity contribution in [3.63, 3.8) is 0 Å². The van der Waals surface area contributed by atoms with Crippen molar-refractivity contribution in [1.29, 1.82) is 0 Å². The molecule has 3 N–H and O–H groups in total. The van der Waals surface area contributed by atoms with Gasteiger partial charge in [-0.05, 0) is 19.3 Å². The van der Waals surface area contributed by atoms with Crippen molar-refractivity contribution in [2.75, 3.05) is 13.1 Å². The number of halogens is 2. The summed E-state index contributed by atoms with van der Waals surface area (Å²) in [5.41, 5.74) is 5.40. The second kappa shape index (κ2) is 6.68. The number of amidine groups is 1. The molecule has 1 aliphatic rings. The van der Waals surface area contributed by atoms with Gasteiger partial charge in [-0.3, -0.25) is 4.79 Å². The molecule has 0 unspecified atom stereocenters. The smallest absolute Gasteiger partial charge is 0.248 e. The van der Waals surface area contributed by atoms with Gasteiger partial charge in [-0.25, -0.2) is 8.78 Å². The predicted molar refractivity (Wildman–Crippen MR) is 67.2 cm³/mol. The lowest BCUT2D eigenvalue weighted by Crippen LogP contribution is -2.43. The van der Waals surface area contributed by atoms with Gasteiger partial charge in [0.05, 0.1) is 6.54 Å². The molecule has 0 radical (unpaired) electrons. The van der Waals surface area contributed by atoms with Crippen LogP contribution in [0.2, 0.25) is 0 Å². The third kappa shape index (κ3) is 4.65. The van der Waals surface area contributed by atoms with Crippen molar-refractivity contribution in [2.45, 2.75) is 45.0 Å². The highest BCUT2D eigenvalue weighted by atomic mass is 19.3. The Morgan fingerprint density at radius 3 is 2.53 bits per heavy atom. The number of amides is 1. The van der Waals surface area contributed by atoms with E-state index in [4.69, 9.17) is 10.9 Å². The molecule has 5 nitrogen and oxygen atoms in total. The van der Waals surface area contributed by atoms with Crippen molar-refractivity contribution in [1.82, 2.24) is 4.90 Å². The van der Waals surface area contributed by atoms with Gasteiger partial charge in [-0.15, -0.1) is 0 Å². The van der Waals surface area contributed by atoms with E-state index in [9.17, 15) is 13.6 Å². The zero-order chi connectivity index (χ0) is 14.5. The Hall–Kier alpha value is -1.40. The Balaban J connectivity index is 2.62. The van der Waals surface area contributed by atoms with Crippen molar-refractivity contribution >= 4 is 11.7 Å². The number of hydrogen-bond donors (Lipinski definition) is 2. The lowest BCUT2D eigenvalue weighted by molar-refractivity contribution is -0.139. The van der Waals surface area contributed by atoms with Crippen molar-refractivity contribution in [3.8, 4) is 0 Å². The minimum atomic E-state index is -2.64. The van der Waals surface area contributed by atoms with E-state index in [0.29, 0.717) is 6.54 Å². The van der Waals surface area contributed by atoms with Crippen LogP contribution in [0.1, 0.15) is 39.0 Å². The number of carbonyl (C=O) groups is 1. The molecule has 0 spiro atoms. The average molecular weight is 277 g/mol. The molecule has 1 saturated carbocycles. The molecule has 110 valence electrons. The van der Waals surface area contributed by atoms with Crippen molar-refractivity contribution < 1.29 is 18.8 Å². The van der Waals surface area contributed by atoms with Gasteiger partial charge in [0.1, 0.15) is 0 Å². The molecule has 1 fully saturated rings. The van der Waals surface area contributed by atoms with E-state index in [1.165, 1.54) is 4.90 Å². The molecule has 0 heterocycles. The van der Waals surface area contributed by atoms with E-state index < -0.39 is 5.92 Å². The first-order valence-electron chi connectivity index (χ1n) is 6.52. The number of carbonyl (C=O) groups excluding carboxylic acids is 1. The van der Waals surface area contributed by atoms with Crippen LogP contribution < -0.4 is 5.73 Å². The standard InChI is InChI=1S/C12H21F2N3O2/c1-2-7-17(8-10(15)16-19)11(18)9-3-5-12(13,14)6-4-9/h9,19H,2-8H2,1H3,(H2,15,16). The SMILES string of the molecule is CCCN(CC(N)=NO)C(=O)C1CCC(F)(F)CC1. The van der Waals surface area contributed by atoms with Gasteiger partial charge in [-0.2, -0.15) is 0 Å². The van der Waals surface area contributed by atoms with Crippen LogP contribution in [-0.2, 0) is 4.79 Å². The first kappa shape index (κ1) is 15.7. The number of nitrogens with zero attached hydrogens (tertiary/aromatic N) is 2. The summed E-state index contributed by atoms with van der Waals surface area (Å²) < 4.78 is 26.1. The van der Waals surface area contributed by atoms with E-state index in [-0.39, 0.29) is 49.9 Å². The molecule has 0 atom stereocenters. The van der Waals surface area contributed by atoms with E-state index in [2.05, 4.69) is 5.16 Å². The van der Waals surface area contributed by atoms with Crippen LogP contribution in [-0.4, -0.2) is 40.9 Å². The summed E-state index contributed by atoms with van der Waals surface area (Å²) in [7, 11) is 0. The minimum Gasteiger partial charge on any atom is -0.409 e. The molecule has 0 aromatic heterocycles. The highest BCUT2D eigenvalue weighted by Crippen LogP contribution is 2.36. The maximum atomic E-state index is 13.1. The molecule has 1 amide bonds.